The largest absolute Gasteiger partial charge is 0.486 e. The van der Waals surface area contributed by atoms with Gasteiger partial charge in [-0.1, -0.05) is 30.3 Å². The first-order chi connectivity index (χ1) is 12.6. The molecule has 1 saturated heterocycles. The van der Waals surface area contributed by atoms with E-state index in [1.807, 2.05) is 42.5 Å². The van der Waals surface area contributed by atoms with Crippen molar-refractivity contribution in [1.82, 2.24) is 5.32 Å². The van der Waals surface area contributed by atoms with Gasteiger partial charge in [-0.15, -0.1) is 0 Å². The fourth-order valence-corrected chi connectivity index (χ4v) is 3.69. The molecule has 1 heterocycles. The van der Waals surface area contributed by atoms with Crippen LogP contribution in [-0.2, 0) is 6.42 Å². The summed E-state index contributed by atoms with van der Waals surface area (Å²) in [6.07, 6.45) is 2.14. The van der Waals surface area contributed by atoms with Crippen LogP contribution >= 0.6 is 0 Å². The van der Waals surface area contributed by atoms with Gasteiger partial charge in [-0.05, 0) is 55.6 Å². The van der Waals surface area contributed by atoms with Crippen LogP contribution in [0, 0.1) is 0 Å². The van der Waals surface area contributed by atoms with Gasteiger partial charge < -0.3 is 26.0 Å². The fourth-order valence-electron chi connectivity index (χ4n) is 3.69. The Morgan fingerprint density at radius 2 is 1.85 bits per heavy atom. The van der Waals surface area contributed by atoms with Crippen LogP contribution < -0.4 is 15.8 Å². The number of piperidine rings is 1. The van der Waals surface area contributed by atoms with E-state index in [1.54, 1.807) is 12.1 Å². The molecule has 0 radical (unpaired) electrons. The molecular formula is C21H28N2O3. The van der Waals surface area contributed by atoms with Gasteiger partial charge in [-0.25, -0.2) is 0 Å². The highest BCUT2D eigenvalue weighted by Gasteiger charge is 2.46. The number of hydrogen-bond donors (Lipinski definition) is 4. The second-order valence-corrected chi connectivity index (χ2v) is 7.05. The van der Waals surface area contributed by atoms with Crippen molar-refractivity contribution in [2.24, 2.45) is 0 Å². The molecule has 0 aliphatic carbocycles. The minimum atomic E-state index is -0.978. The predicted octanol–water partition coefficient (Wildman–Crippen LogP) is 2.12. The Kier molecular flexibility index (Phi) is 6.14. The third-order valence-electron chi connectivity index (χ3n) is 5.03. The summed E-state index contributed by atoms with van der Waals surface area (Å²) in [5, 5.41) is 24.2. The number of rotatable bonds is 7. The molecule has 0 amide bonds. The molecule has 1 fully saturated rings. The average Bonchev–Trinajstić information content (AvgIpc) is 2.65. The normalized spacial score (nSPS) is 25.8. The Bertz CT molecular complexity index is 677. The molecule has 0 spiro atoms. The van der Waals surface area contributed by atoms with Crippen molar-refractivity contribution >= 4 is 5.69 Å². The molecule has 5 N–H and O–H groups in total. The lowest BCUT2D eigenvalue weighted by Crippen LogP contribution is -2.63. The third-order valence-corrected chi connectivity index (χ3v) is 5.03. The molecule has 26 heavy (non-hydrogen) atoms. The zero-order valence-electron chi connectivity index (χ0n) is 15.0. The van der Waals surface area contributed by atoms with E-state index in [-0.39, 0.29) is 12.6 Å². The van der Waals surface area contributed by atoms with Gasteiger partial charge in [-0.3, -0.25) is 0 Å². The summed E-state index contributed by atoms with van der Waals surface area (Å²) in [6.45, 7) is 0.852. The van der Waals surface area contributed by atoms with Crippen LogP contribution in [-0.4, -0.2) is 41.1 Å². The zero-order chi connectivity index (χ0) is 18.4. The minimum Gasteiger partial charge on any atom is -0.486 e. The lowest BCUT2D eigenvalue weighted by molar-refractivity contribution is -0.0998. The third kappa shape index (κ3) is 4.55. The number of ether oxygens (including phenoxy) is 1. The zero-order valence-corrected chi connectivity index (χ0v) is 15.0. The van der Waals surface area contributed by atoms with Crippen molar-refractivity contribution in [1.29, 1.82) is 0 Å². The van der Waals surface area contributed by atoms with Crippen molar-refractivity contribution in [3.8, 4) is 5.75 Å². The van der Waals surface area contributed by atoms with Crippen LogP contribution in [0.25, 0.3) is 0 Å². The highest BCUT2D eigenvalue weighted by molar-refractivity contribution is 5.41. The van der Waals surface area contributed by atoms with Gasteiger partial charge in [0, 0.05) is 24.8 Å². The number of nitrogens with one attached hydrogen (secondary N) is 1. The van der Waals surface area contributed by atoms with Crippen LogP contribution in [0.2, 0.25) is 0 Å². The Hall–Kier alpha value is -2.08. The molecule has 3 rings (SSSR count). The first kappa shape index (κ1) is 18.7. The van der Waals surface area contributed by atoms with E-state index in [0.29, 0.717) is 30.7 Å². The van der Waals surface area contributed by atoms with Crippen LogP contribution in [0.1, 0.15) is 24.8 Å². The Morgan fingerprint density at radius 3 is 2.54 bits per heavy atom. The van der Waals surface area contributed by atoms with Crippen molar-refractivity contribution in [2.75, 3.05) is 18.9 Å². The van der Waals surface area contributed by atoms with Crippen LogP contribution in [0.3, 0.4) is 0 Å². The second kappa shape index (κ2) is 8.54. The molecule has 0 bridgehead atoms. The molecule has 5 nitrogen and oxygen atoms in total. The number of anilines is 1. The minimum absolute atomic E-state index is 0.0258. The van der Waals surface area contributed by atoms with E-state index in [0.717, 1.165) is 18.5 Å². The van der Waals surface area contributed by atoms with E-state index >= 15 is 0 Å². The summed E-state index contributed by atoms with van der Waals surface area (Å²) in [4.78, 5) is 0. The molecule has 0 saturated carbocycles. The van der Waals surface area contributed by atoms with Gasteiger partial charge in [-0.2, -0.15) is 0 Å². The van der Waals surface area contributed by atoms with Crippen molar-refractivity contribution in [2.45, 2.75) is 43.4 Å². The smallest absolute Gasteiger partial charge is 0.143 e. The maximum atomic E-state index is 11.5. The summed E-state index contributed by atoms with van der Waals surface area (Å²) in [5.41, 5.74) is 6.55. The Labute approximate surface area is 154 Å². The van der Waals surface area contributed by atoms with Crippen LogP contribution in [0.15, 0.2) is 54.6 Å². The lowest BCUT2D eigenvalue weighted by atomic mass is 9.78. The molecular weight excluding hydrogens is 328 g/mol. The van der Waals surface area contributed by atoms with Gasteiger partial charge in [0.15, 0.2) is 0 Å². The lowest BCUT2D eigenvalue weighted by Gasteiger charge is -2.45. The Balaban J connectivity index is 1.84. The number of nitrogen functional groups attached to an aromatic ring is 1. The average molecular weight is 356 g/mol. The maximum absolute atomic E-state index is 11.5. The van der Waals surface area contributed by atoms with Crippen LogP contribution in [0.4, 0.5) is 5.69 Å². The van der Waals surface area contributed by atoms with Gasteiger partial charge in [0.05, 0.1) is 0 Å². The van der Waals surface area contributed by atoms with Gasteiger partial charge in [0.1, 0.15) is 17.5 Å². The first-order valence-electron chi connectivity index (χ1n) is 9.23. The number of aliphatic hydroxyl groups is 2. The summed E-state index contributed by atoms with van der Waals surface area (Å²) >= 11 is 0. The number of hydrogen-bond acceptors (Lipinski definition) is 5. The molecule has 5 heteroatoms. The van der Waals surface area contributed by atoms with Crippen molar-refractivity contribution in [3.05, 3.63) is 60.2 Å². The maximum Gasteiger partial charge on any atom is 0.143 e. The summed E-state index contributed by atoms with van der Waals surface area (Å²) in [7, 11) is 0. The van der Waals surface area contributed by atoms with Crippen molar-refractivity contribution < 1.29 is 14.9 Å². The van der Waals surface area contributed by atoms with E-state index in [9.17, 15) is 10.2 Å². The summed E-state index contributed by atoms with van der Waals surface area (Å²) in [6, 6.07) is 17.2. The van der Waals surface area contributed by atoms with E-state index < -0.39 is 11.7 Å². The first-order valence-corrected chi connectivity index (χ1v) is 9.23. The molecule has 1 aliphatic heterocycles. The molecule has 3 atom stereocenters. The van der Waals surface area contributed by atoms with Gasteiger partial charge >= 0.3 is 0 Å². The van der Waals surface area contributed by atoms with E-state index in [2.05, 4.69) is 5.32 Å². The fraction of sp³-hybridized carbons (Fsp3) is 0.429. The number of benzene rings is 2. The SMILES string of the molecule is Nc1ccc(OC2C(CCCO)NCCC2(O)Cc2ccccc2)cc1. The Morgan fingerprint density at radius 1 is 1.12 bits per heavy atom. The van der Waals surface area contributed by atoms with Crippen molar-refractivity contribution in [3.63, 3.8) is 0 Å². The summed E-state index contributed by atoms with van der Waals surface area (Å²) < 4.78 is 6.26. The molecule has 140 valence electrons. The molecule has 0 aromatic heterocycles. The second-order valence-electron chi connectivity index (χ2n) is 7.05. The molecule has 3 unspecified atom stereocenters. The quantitative estimate of drug-likeness (QED) is 0.571. The van der Waals surface area contributed by atoms with Gasteiger partial charge in [0.25, 0.3) is 0 Å². The standard InChI is InChI=1S/C21H28N2O3/c22-17-8-10-18(11-9-17)26-20-19(7-4-14-24)23-13-12-21(20,25)15-16-5-2-1-3-6-16/h1-3,5-6,8-11,19-20,23-25H,4,7,12-15,22H2. The molecule has 2 aromatic rings. The highest BCUT2D eigenvalue weighted by Crippen LogP contribution is 2.32. The van der Waals surface area contributed by atoms with E-state index in [1.165, 1.54) is 0 Å². The molecule has 1 aliphatic rings. The monoisotopic (exact) mass is 356 g/mol. The predicted molar refractivity (Wildman–Crippen MR) is 103 cm³/mol. The van der Waals surface area contributed by atoms with Crippen LogP contribution in [0.5, 0.6) is 5.75 Å². The topological polar surface area (TPSA) is 87.7 Å². The summed E-state index contributed by atoms with van der Waals surface area (Å²) in [5.74, 6) is 0.688. The van der Waals surface area contributed by atoms with E-state index in [4.69, 9.17) is 10.5 Å². The number of aliphatic hydroxyl groups excluding tert-OH is 1. The van der Waals surface area contributed by atoms with Gasteiger partial charge in [0.2, 0.25) is 0 Å². The highest BCUT2D eigenvalue weighted by atomic mass is 16.5. The molecule has 2 aromatic carbocycles. The number of nitrogens with two attached hydrogens (primary N) is 1.